The molecule has 0 saturated heterocycles. The fraction of sp³-hybridized carbons (Fsp3) is 0.125. The number of nitrogens with one attached hydrogen (secondary N) is 3. The van der Waals surface area contributed by atoms with Crippen LogP contribution in [-0.4, -0.2) is 44.1 Å². The molecule has 0 aliphatic heterocycles. The number of carboxylic acids is 1. The molecule has 3 aromatic carbocycles. The van der Waals surface area contributed by atoms with Gasteiger partial charge in [-0.25, -0.2) is 13.2 Å². The van der Waals surface area contributed by atoms with Crippen LogP contribution in [0.25, 0.3) is 0 Å². The fourth-order valence-corrected chi connectivity index (χ4v) is 4.03. The molecule has 6 N–H and O–H groups in total. The summed E-state index contributed by atoms with van der Waals surface area (Å²) in [7, 11) is -3.53. The number of carboxylic acid groups (broad SMARTS) is 1. The summed E-state index contributed by atoms with van der Waals surface area (Å²) in [5, 5.41) is 22.5. The standard InChI is InChI=1S/C24H23ClN4O6S/c1-36(33,34)18-7-9-21(35-13-22(30)31)15(10-18)12-28-20-8-4-16(25)11-19(20)24(32)29-17-5-2-14(3-6-17)23(26)27/h2-11,28H,12-13H2,1H3,(H3,26,27)(H,29,32)(H,30,31). The van der Waals surface area contributed by atoms with Gasteiger partial charge in [0.25, 0.3) is 5.91 Å². The van der Waals surface area contributed by atoms with Crippen molar-refractivity contribution < 1.29 is 27.9 Å². The van der Waals surface area contributed by atoms with Crippen molar-refractivity contribution in [2.75, 3.05) is 23.5 Å². The number of nitrogen functional groups attached to an aromatic ring is 1. The lowest BCUT2D eigenvalue weighted by atomic mass is 10.1. The second kappa shape index (κ2) is 11.1. The molecule has 10 nitrogen and oxygen atoms in total. The number of benzene rings is 3. The number of rotatable bonds is 10. The smallest absolute Gasteiger partial charge is 0.341 e. The Balaban J connectivity index is 1.86. The second-order valence-corrected chi connectivity index (χ2v) is 10.2. The first kappa shape index (κ1) is 26.5. The molecule has 0 aromatic heterocycles. The van der Waals surface area contributed by atoms with E-state index in [-0.39, 0.29) is 28.6 Å². The van der Waals surface area contributed by atoms with Crippen molar-refractivity contribution in [2.45, 2.75) is 11.4 Å². The van der Waals surface area contributed by atoms with Crippen molar-refractivity contribution in [3.05, 3.63) is 82.4 Å². The van der Waals surface area contributed by atoms with E-state index in [0.717, 1.165) is 6.26 Å². The molecule has 0 unspecified atom stereocenters. The highest BCUT2D eigenvalue weighted by molar-refractivity contribution is 7.90. The molecule has 0 heterocycles. The van der Waals surface area contributed by atoms with Crippen LogP contribution in [0.4, 0.5) is 11.4 Å². The number of amidine groups is 1. The van der Waals surface area contributed by atoms with Crippen molar-refractivity contribution in [2.24, 2.45) is 5.73 Å². The van der Waals surface area contributed by atoms with Gasteiger partial charge in [0.2, 0.25) is 0 Å². The van der Waals surface area contributed by atoms with E-state index in [0.29, 0.717) is 27.5 Å². The Morgan fingerprint density at radius 2 is 1.78 bits per heavy atom. The van der Waals surface area contributed by atoms with Crippen LogP contribution in [0, 0.1) is 5.41 Å². The minimum Gasteiger partial charge on any atom is -0.482 e. The van der Waals surface area contributed by atoms with E-state index < -0.39 is 28.3 Å². The summed E-state index contributed by atoms with van der Waals surface area (Å²) in [6.45, 7) is -0.588. The van der Waals surface area contributed by atoms with Gasteiger partial charge in [-0.15, -0.1) is 0 Å². The van der Waals surface area contributed by atoms with Crippen LogP contribution in [0.15, 0.2) is 65.6 Å². The molecule has 0 saturated carbocycles. The van der Waals surface area contributed by atoms with Crippen LogP contribution in [0.3, 0.4) is 0 Å². The number of carbonyl (C=O) groups is 2. The van der Waals surface area contributed by atoms with E-state index in [4.69, 9.17) is 32.6 Å². The van der Waals surface area contributed by atoms with Crippen LogP contribution in [0.5, 0.6) is 5.75 Å². The molecule has 0 aliphatic rings. The molecule has 0 aliphatic carbocycles. The molecule has 3 rings (SSSR count). The first-order valence-corrected chi connectivity index (χ1v) is 12.7. The number of hydrogen-bond acceptors (Lipinski definition) is 7. The average molecular weight is 531 g/mol. The normalized spacial score (nSPS) is 10.9. The number of hydrogen-bond donors (Lipinski definition) is 5. The van der Waals surface area contributed by atoms with Crippen LogP contribution < -0.4 is 21.1 Å². The SMILES string of the molecule is CS(=O)(=O)c1ccc(OCC(=O)O)c(CNc2ccc(Cl)cc2C(=O)Nc2ccc(C(=N)N)cc2)c1. The zero-order valence-electron chi connectivity index (χ0n) is 19.0. The summed E-state index contributed by atoms with van der Waals surface area (Å²) in [6, 6.07) is 15.1. The van der Waals surface area contributed by atoms with Crippen LogP contribution >= 0.6 is 11.6 Å². The minimum atomic E-state index is -3.53. The predicted octanol–water partition coefficient (Wildman–Crippen LogP) is 3.36. The van der Waals surface area contributed by atoms with E-state index in [1.807, 2.05) is 0 Å². The Labute approximate surface area is 212 Å². The molecule has 0 atom stereocenters. The lowest BCUT2D eigenvalue weighted by Gasteiger charge is -2.16. The Morgan fingerprint density at radius 3 is 2.39 bits per heavy atom. The van der Waals surface area contributed by atoms with Crippen molar-refractivity contribution in [1.82, 2.24) is 0 Å². The first-order chi connectivity index (χ1) is 16.9. The number of sulfone groups is 1. The maximum atomic E-state index is 13.0. The number of nitrogens with two attached hydrogens (primary N) is 1. The quantitative estimate of drug-likeness (QED) is 0.196. The summed E-state index contributed by atoms with van der Waals surface area (Å²) in [5.74, 6) is -1.57. The summed E-state index contributed by atoms with van der Waals surface area (Å²) in [6.07, 6.45) is 1.06. The van der Waals surface area contributed by atoms with E-state index in [9.17, 15) is 18.0 Å². The van der Waals surface area contributed by atoms with Gasteiger partial charge in [0.1, 0.15) is 11.6 Å². The maximum Gasteiger partial charge on any atom is 0.341 e. The zero-order valence-corrected chi connectivity index (χ0v) is 20.6. The van der Waals surface area contributed by atoms with E-state index in [2.05, 4.69) is 10.6 Å². The van der Waals surface area contributed by atoms with Crippen molar-refractivity contribution in [3.8, 4) is 5.75 Å². The van der Waals surface area contributed by atoms with Crippen molar-refractivity contribution in [3.63, 3.8) is 0 Å². The van der Waals surface area contributed by atoms with Gasteiger partial charge >= 0.3 is 5.97 Å². The molecule has 36 heavy (non-hydrogen) atoms. The Kier molecular flexibility index (Phi) is 8.18. The highest BCUT2D eigenvalue weighted by atomic mass is 35.5. The van der Waals surface area contributed by atoms with Crippen molar-refractivity contribution in [1.29, 1.82) is 5.41 Å². The molecule has 3 aromatic rings. The summed E-state index contributed by atoms with van der Waals surface area (Å²) >= 11 is 6.12. The van der Waals surface area contributed by atoms with Crippen LogP contribution in [0.1, 0.15) is 21.5 Å². The minimum absolute atomic E-state index is 0.0214. The highest BCUT2D eigenvalue weighted by Gasteiger charge is 2.16. The van der Waals surface area contributed by atoms with Gasteiger partial charge in [-0.05, 0) is 60.7 Å². The van der Waals surface area contributed by atoms with E-state index in [1.165, 1.54) is 24.3 Å². The van der Waals surface area contributed by atoms with Crippen molar-refractivity contribution >= 4 is 50.5 Å². The Bertz CT molecular complexity index is 1430. The van der Waals surface area contributed by atoms with Gasteiger partial charge in [0, 0.05) is 40.3 Å². The van der Waals surface area contributed by atoms with Crippen LogP contribution in [0.2, 0.25) is 5.02 Å². The molecule has 188 valence electrons. The average Bonchev–Trinajstić information content (AvgIpc) is 2.81. The lowest BCUT2D eigenvalue weighted by Crippen LogP contribution is -2.16. The number of amides is 1. The molecule has 0 radical (unpaired) electrons. The predicted molar refractivity (Wildman–Crippen MR) is 137 cm³/mol. The number of anilines is 2. The van der Waals surface area contributed by atoms with E-state index in [1.54, 1.807) is 36.4 Å². The second-order valence-electron chi connectivity index (χ2n) is 7.71. The maximum absolute atomic E-state index is 13.0. The Hall–Kier alpha value is -4.09. The third kappa shape index (κ3) is 6.96. The lowest BCUT2D eigenvalue weighted by molar-refractivity contribution is -0.139. The molecule has 0 fully saturated rings. The number of ether oxygens (including phenoxy) is 1. The van der Waals surface area contributed by atoms with E-state index >= 15 is 0 Å². The monoisotopic (exact) mass is 530 g/mol. The topological polar surface area (TPSA) is 172 Å². The zero-order chi connectivity index (χ0) is 26.5. The van der Waals surface area contributed by atoms with Gasteiger partial charge in [-0.1, -0.05) is 11.6 Å². The molecule has 1 amide bonds. The molecule has 0 bridgehead atoms. The van der Waals surface area contributed by atoms with Gasteiger partial charge in [0.05, 0.1) is 10.5 Å². The summed E-state index contributed by atoms with van der Waals surface area (Å²) < 4.78 is 29.3. The third-order valence-corrected chi connectivity index (χ3v) is 6.31. The molecule has 12 heteroatoms. The van der Waals surface area contributed by atoms with Crippen LogP contribution in [-0.2, 0) is 21.2 Å². The fourth-order valence-electron chi connectivity index (χ4n) is 3.19. The van der Waals surface area contributed by atoms with Gasteiger partial charge in [-0.2, -0.15) is 0 Å². The van der Waals surface area contributed by atoms with Gasteiger partial charge in [0.15, 0.2) is 16.4 Å². The number of aliphatic carboxylic acids is 1. The largest absolute Gasteiger partial charge is 0.482 e. The number of carbonyl (C=O) groups excluding carboxylic acids is 1. The number of halogens is 1. The summed E-state index contributed by atoms with van der Waals surface area (Å²) in [5.41, 5.74) is 7.42. The molecular formula is C24H23ClN4O6S. The molecule has 0 spiro atoms. The van der Waals surface area contributed by atoms with Gasteiger partial charge < -0.3 is 26.2 Å². The summed E-state index contributed by atoms with van der Waals surface area (Å²) in [4.78, 5) is 24.0. The first-order valence-electron chi connectivity index (χ1n) is 10.4. The van der Waals surface area contributed by atoms with Gasteiger partial charge in [-0.3, -0.25) is 10.2 Å². The Morgan fingerprint density at radius 1 is 1.08 bits per heavy atom. The third-order valence-electron chi connectivity index (χ3n) is 4.96. The molecular weight excluding hydrogens is 508 g/mol. The highest BCUT2D eigenvalue weighted by Crippen LogP contribution is 2.27.